The van der Waals surface area contributed by atoms with Gasteiger partial charge < -0.3 is 4.42 Å². The molecule has 1 aromatic carbocycles. The predicted octanol–water partition coefficient (Wildman–Crippen LogP) is 1.18. The van der Waals surface area contributed by atoms with Crippen LogP contribution in [0.1, 0.15) is 18.4 Å². The van der Waals surface area contributed by atoms with E-state index in [1.54, 1.807) is 24.3 Å². The molecule has 132 valence electrons. The number of nitrogens with zero attached hydrogens (tertiary/aromatic N) is 2. The molecule has 24 heavy (non-hydrogen) atoms. The van der Waals surface area contributed by atoms with E-state index in [1.807, 2.05) is 0 Å². The molecule has 0 aliphatic heterocycles. The second kappa shape index (κ2) is 7.60. The number of rotatable bonds is 8. The molecule has 1 heterocycles. The fraction of sp³-hybridized carbons (Fsp3) is 0.385. The van der Waals surface area contributed by atoms with Crippen molar-refractivity contribution in [3.63, 3.8) is 0 Å². The molecule has 2 aromatic rings. The first-order chi connectivity index (χ1) is 11.2. The monoisotopic (exact) mass is 393 g/mol. The first kappa shape index (κ1) is 18.8. The first-order valence-electron chi connectivity index (χ1n) is 6.99. The Labute approximate surface area is 145 Å². The van der Waals surface area contributed by atoms with Gasteiger partial charge in [-0.3, -0.25) is 0 Å². The normalized spacial score (nSPS) is 12.4. The molecule has 8 nitrogen and oxygen atoms in total. The summed E-state index contributed by atoms with van der Waals surface area (Å²) in [5, 5.41) is 7.17. The Hall–Kier alpha value is -1.49. The van der Waals surface area contributed by atoms with E-state index in [9.17, 15) is 16.8 Å². The number of halogens is 1. The van der Waals surface area contributed by atoms with E-state index in [4.69, 9.17) is 16.0 Å². The number of nitrogens with one attached hydrogen (secondary N) is 1. The lowest BCUT2D eigenvalue weighted by molar-refractivity contribution is 0.396. The van der Waals surface area contributed by atoms with Gasteiger partial charge in [0.15, 0.2) is 0 Å². The Kier molecular flexibility index (Phi) is 5.97. The van der Waals surface area contributed by atoms with Crippen molar-refractivity contribution < 1.29 is 21.3 Å². The van der Waals surface area contributed by atoms with Crippen LogP contribution in [0, 0.1) is 0 Å². The Morgan fingerprint density at radius 2 is 1.79 bits per heavy atom. The standard InChI is InChI=1S/C13H16ClN3O5S2/c1-2-24(20,21)15-8-7-12-16-17-13(22-12)23(18,19)9-10-3-5-11(14)6-4-10/h3-6,15H,2,7-9H2,1H3. The molecule has 2 rings (SSSR count). The van der Waals surface area contributed by atoms with E-state index < -0.39 is 25.1 Å². The van der Waals surface area contributed by atoms with Crippen LogP contribution in [0.3, 0.4) is 0 Å². The minimum Gasteiger partial charge on any atom is -0.412 e. The first-order valence-corrected chi connectivity index (χ1v) is 10.7. The van der Waals surface area contributed by atoms with Crippen molar-refractivity contribution in [3.05, 3.63) is 40.7 Å². The zero-order valence-corrected chi connectivity index (χ0v) is 15.2. The van der Waals surface area contributed by atoms with Crippen LogP contribution in [0.5, 0.6) is 0 Å². The zero-order valence-electron chi connectivity index (χ0n) is 12.8. The molecule has 0 saturated heterocycles. The van der Waals surface area contributed by atoms with Crippen molar-refractivity contribution >= 4 is 31.5 Å². The average Bonchev–Trinajstić information content (AvgIpc) is 2.99. The van der Waals surface area contributed by atoms with Gasteiger partial charge in [0.2, 0.25) is 25.8 Å². The number of benzene rings is 1. The Balaban J connectivity index is 2.02. The van der Waals surface area contributed by atoms with Gasteiger partial charge in [-0.15, -0.1) is 5.10 Å². The summed E-state index contributed by atoms with van der Waals surface area (Å²) in [6.07, 6.45) is 0.0999. The Morgan fingerprint density at radius 1 is 1.12 bits per heavy atom. The number of hydrogen-bond acceptors (Lipinski definition) is 7. The van der Waals surface area contributed by atoms with Crippen LogP contribution in [0.15, 0.2) is 33.9 Å². The fourth-order valence-electron chi connectivity index (χ4n) is 1.74. The van der Waals surface area contributed by atoms with Crippen LogP contribution in [-0.2, 0) is 32.0 Å². The highest BCUT2D eigenvalue weighted by Gasteiger charge is 2.23. The summed E-state index contributed by atoms with van der Waals surface area (Å²) in [7, 11) is -7.11. The lowest BCUT2D eigenvalue weighted by Crippen LogP contribution is -2.27. The van der Waals surface area contributed by atoms with Gasteiger partial charge in [0, 0.05) is 18.0 Å². The van der Waals surface area contributed by atoms with Crippen molar-refractivity contribution in [3.8, 4) is 0 Å². The van der Waals surface area contributed by atoms with E-state index in [-0.39, 0.29) is 30.4 Å². The molecule has 0 unspecified atom stereocenters. The van der Waals surface area contributed by atoms with Gasteiger partial charge in [0.05, 0.1) is 11.5 Å². The van der Waals surface area contributed by atoms with E-state index in [2.05, 4.69) is 14.9 Å². The molecule has 0 aliphatic carbocycles. The summed E-state index contributed by atoms with van der Waals surface area (Å²) in [5.41, 5.74) is 0.537. The zero-order chi connectivity index (χ0) is 17.8. The van der Waals surface area contributed by atoms with E-state index in [0.29, 0.717) is 10.6 Å². The second-order valence-corrected chi connectivity index (χ2v) is 9.29. The van der Waals surface area contributed by atoms with Crippen LogP contribution in [0.2, 0.25) is 5.02 Å². The second-order valence-electron chi connectivity index (χ2n) is 4.90. The topological polar surface area (TPSA) is 119 Å². The molecular formula is C13H16ClN3O5S2. The molecule has 11 heteroatoms. The smallest absolute Gasteiger partial charge is 0.335 e. The van der Waals surface area contributed by atoms with Gasteiger partial charge in [0.1, 0.15) is 0 Å². The summed E-state index contributed by atoms with van der Waals surface area (Å²) < 4.78 is 54.5. The van der Waals surface area contributed by atoms with E-state index >= 15 is 0 Å². The van der Waals surface area contributed by atoms with E-state index in [1.165, 1.54) is 6.92 Å². The summed E-state index contributed by atoms with van der Waals surface area (Å²) in [5.74, 6) is -0.297. The molecule has 0 fully saturated rings. The maximum Gasteiger partial charge on any atom is 0.335 e. The third-order valence-corrected chi connectivity index (χ3v) is 6.09. The van der Waals surface area contributed by atoms with Crippen LogP contribution >= 0.6 is 11.6 Å². The maximum absolute atomic E-state index is 12.2. The molecule has 1 aromatic heterocycles. The predicted molar refractivity (Wildman–Crippen MR) is 87.8 cm³/mol. The van der Waals surface area contributed by atoms with Gasteiger partial charge in [0.25, 0.3) is 0 Å². The summed E-state index contributed by atoms with van der Waals surface area (Å²) >= 11 is 5.76. The number of aromatic nitrogens is 2. The van der Waals surface area contributed by atoms with Crippen LogP contribution < -0.4 is 4.72 Å². The molecule has 0 spiro atoms. The average molecular weight is 394 g/mol. The molecule has 0 atom stereocenters. The van der Waals surface area contributed by atoms with Crippen molar-refractivity contribution in [2.75, 3.05) is 12.3 Å². The molecule has 0 radical (unpaired) electrons. The maximum atomic E-state index is 12.2. The van der Waals surface area contributed by atoms with Gasteiger partial charge in [-0.2, -0.15) is 0 Å². The minimum absolute atomic E-state index is 0.0441. The third-order valence-electron chi connectivity index (χ3n) is 3.03. The number of sulfone groups is 1. The largest absolute Gasteiger partial charge is 0.412 e. The highest BCUT2D eigenvalue weighted by molar-refractivity contribution is 7.90. The van der Waals surface area contributed by atoms with E-state index in [0.717, 1.165) is 0 Å². The lowest BCUT2D eigenvalue weighted by Gasteiger charge is -2.01. The quantitative estimate of drug-likeness (QED) is 0.714. The van der Waals surface area contributed by atoms with Crippen LogP contribution in [0.4, 0.5) is 0 Å². The number of hydrogen-bond donors (Lipinski definition) is 1. The fourth-order valence-corrected chi connectivity index (χ4v) is 3.63. The molecule has 0 amide bonds. The highest BCUT2D eigenvalue weighted by atomic mass is 35.5. The summed E-state index contributed by atoms with van der Waals surface area (Å²) in [4.78, 5) is 0. The summed E-state index contributed by atoms with van der Waals surface area (Å²) in [6, 6.07) is 6.37. The molecule has 0 saturated carbocycles. The Bertz CT molecular complexity index is 892. The lowest BCUT2D eigenvalue weighted by atomic mass is 10.2. The Morgan fingerprint density at radius 3 is 2.42 bits per heavy atom. The summed E-state index contributed by atoms with van der Waals surface area (Å²) in [6.45, 7) is 1.56. The van der Waals surface area contributed by atoms with Crippen molar-refractivity contribution in [2.24, 2.45) is 0 Å². The molecular weight excluding hydrogens is 378 g/mol. The highest BCUT2D eigenvalue weighted by Crippen LogP contribution is 2.17. The van der Waals surface area contributed by atoms with Gasteiger partial charge in [-0.25, -0.2) is 21.6 Å². The van der Waals surface area contributed by atoms with Gasteiger partial charge in [-0.1, -0.05) is 28.8 Å². The SMILES string of the molecule is CCS(=O)(=O)NCCc1nnc(S(=O)(=O)Cc2ccc(Cl)cc2)o1. The molecule has 1 N–H and O–H groups in total. The van der Waals surface area contributed by atoms with Crippen molar-refractivity contribution in [1.29, 1.82) is 0 Å². The molecule has 0 aliphatic rings. The van der Waals surface area contributed by atoms with Crippen LogP contribution in [0.25, 0.3) is 0 Å². The minimum atomic E-state index is -3.79. The van der Waals surface area contributed by atoms with Crippen molar-refractivity contribution in [1.82, 2.24) is 14.9 Å². The number of sulfonamides is 1. The van der Waals surface area contributed by atoms with Gasteiger partial charge in [-0.05, 0) is 24.6 Å². The van der Waals surface area contributed by atoms with Crippen LogP contribution in [-0.4, -0.2) is 39.3 Å². The molecule has 0 bridgehead atoms. The third kappa shape index (κ3) is 5.26. The van der Waals surface area contributed by atoms with Crippen molar-refractivity contribution in [2.45, 2.75) is 24.3 Å². The van der Waals surface area contributed by atoms with Gasteiger partial charge >= 0.3 is 5.22 Å².